The van der Waals surface area contributed by atoms with E-state index >= 15 is 0 Å². The molecule has 0 heterocycles. The minimum absolute atomic E-state index is 0. The van der Waals surface area contributed by atoms with Crippen molar-refractivity contribution in [3.8, 4) is 0 Å². The Morgan fingerprint density at radius 3 is 0.389 bits per heavy atom. The first-order valence-corrected chi connectivity index (χ1v) is 12.3. The molecule has 0 aromatic carbocycles. The normalized spacial score (nSPS) is 9.67. The van der Waals surface area contributed by atoms with Gasteiger partial charge in [-0.1, -0.05) is 0 Å². The molecule has 18 heteroatoms. The molecule has 0 rings (SSSR count). The van der Waals surface area contributed by atoms with Crippen LogP contribution >= 0.6 is 0 Å². The van der Waals surface area contributed by atoms with E-state index in [2.05, 4.69) is 67.1 Å². The Morgan fingerprint density at radius 2 is 0.389 bits per heavy atom. The monoisotopic (exact) mass is 462 g/mol. The second kappa shape index (κ2) is 18.5. The van der Waals surface area contributed by atoms with Crippen molar-refractivity contribution in [3.63, 3.8) is 0 Å². The standard InChI is InChI=1S/3Na.3H2O2S3.3H/c;;;3*1-5(2,3)4;;;/h;;;3*(H2,1,2,3,4);;;. The topological polar surface area (TPSA) is 121 Å². The van der Waals surface area contributed by atoms with Crippen LogP contribution in [0.1, 0.15) is 0 Å². The molecule has 0 aliphatic carbocycles. The molecule has 102 valence electrons. The summed E-state index contributed by atoms with van der Waals surface area (Å²) in [5.74, 6) is 0. The Hall–Kier alpha value is 5.13. The third kappa shape index (κ3) is 325. The van der Waals surface area contributed by atoms with Crippen molar-refractivity contribution in [1.82, 2.24) is 0 Å². The van der Waals surface area contributed by atoms with Crippen LogP contribution in [0.15, 0.2) is 0 Å². The summed E-state index contributed by atoms with van der Waals surface area (Å²) < 4.78 is 46.7. The molecular formula is H9Na3O6S9. The number of hydrogen-bond donors (Lipinski definition) is 6. The first-order chi connectivity index (χ1) is 6.00. The van der Waals surface area contributed by atoms with E-state index in [9.17, 15) is 0 Å². The minimum atomic E-state index is -3.00. The molecule has 6 N–H and O–H groups in total. The van der Waals surface area contributed by atoms with Crippen LogP contribution in [0.4, 0.5) is 0 Å². The van der Waals surface area contributed by atoms with E-state index in [1.54, 1.807) is 0 Å². The van der Waals surface area contributed by atoms with Gasteiger partial charge >= 0.3 is 88.7 Å². The van der Waals surface area contributed by atoms with Crippen LogP contribution in [0, 0.1) is 0 Å². The van der Waals surface area contributed by atoms with Crippen LogP contribution in [-0.4, -0.2) is 116 Å². The van der Waals surface area contributed by atoms with Crippen LogP contribution in [-0.2, 0) is 90.3 Å². The fraction of sp³-hybridized carbons (Fsp3) is 0. The summed E-state index contributed by atoms with van der Waals surface area (Å²) in [6, 6.07) is 0. The van der Waals surface area contributed by atoms with Crippen LogP contribution in [0.25, 0.3) is 0 Å². The summed E-state index contributed by atoms with van der Waals surface area (Å²) in [5, 5.41) is 0. The van der Waals surface area contributed by atoms with E-state index < -0.39 is 23.1 Å². The summed E-state index contributed by atoms with van der Waals surface area (Å²) in [4.78, 5) is 0. The Balaban J connectivity index is -0.0000000277. The van der Waals surface area contributed by atoms with Crippen molar-refractivity contribution in [2.24, 2.45) is 0 Å². The van der Waals surface area contributed by atoms with Crippen molar-refractivity contribution in [1.29, 1.82) is 0 Å². The predicted molar refractivity (Wildman–Crippen MR) is 104 cm³/mol. The Labute approximate surface area is 201 Å². The van der Waals surface area contributed by atoms with Crippen molar-refractivity contribution in [3.05, 3.63) is 0 Å². The van der Waals surface area contributed by atoms with E-state index in [1.807, 2.05) is 0 Å². The molecule has 0 spiro atoms. The van der Waals surface area contributed by atoms with Gasteiger partial charge in [0.15, 0.2) is 0 Å². The van der Waals surface area contributed by atoms with Crippen molar-refractivity contribution in [2.75, 3.05) is 0 Å². The summed E-state index contributed by atoms with van der Waals surface area (Å²) in [7, 11) is -9.00. The molecule has 0 amide bonds. The molecule has 0 saturated carbocycles. The zero-order chi connectivity index (χ0) is 13.5. The van der Waals surface area contributed by atoms with Gasteiger partial charge in [-0.15, -0.1) is 0 Å². The first kappa shape index (κ1) is 38.6. The molecule has 0 aliphatic heterocycles. The molecule has 0 fully saturated rings. The molecule has 18 heavy (non-hydrogen) atoms. The van der Waals surface area contributed by atoms with E-state index in [1.165, 1.54) is 0 Å². The molecule has 0 radical (unpaired) electrons. The zero-order valence-corrected chi connectivity index (χ0v) is 13.7. The molecule has 6 nitrogen and oxygen atoms in total. The van der Waals surface area contributed by atoms with E-state index in [0.29, 0.717) is 0 Å². The molecule has 0 aromatic rings. The molecule has 0 atom stereocenters. The van der Waals surface area contributed by atoms with Gasteiger partial charge < -0.3 is 27.3 Å². The summed E-state index contributed by atoms with van der Waals surface area (Å²) in [6.45, 7) is 0. The van der Waals surface area contributed by atoms with Crippen LogP contribution in [0.2, 0.25) is 0 Å². The van der Waals surface area contributed by atoms with E-state index in [-0.39, 0.29) is 88.7 Å². The van der Waals surface area contributed by atoms with Crippen LogP contribution in [0.5, 0.6) is 0 Å². The molecule has 0 aliphatic rings. The Bertz CT molecular complexity index is 347. The Morgan fingerprint density at radius 1 is 0.389 bits per heavy atom. The van der Waals surface area contributed by atoms with Crippen molar-refractivity contribution in [2.45, 2.75) is 0 Å². The van der Waals surface area contributed by atoms with Gasteiger partial charge in [0.25, 0.3) is 0 Å². The van der Waals surface area contributed by atoms with Gasteiger partial charge in [0.2, 0.25) is 0 Å². The second-order valence-electron chi connectivity index (χ2n) is 1.34. The molecular weight excluding hydrogens is 454 g/mol. The number of rotatable bonds is 0. The van der Waals surface area contributed by atoms with Crippen molar-refractivity contribution >= 4 is 179 Å². The Kier molecular flexibility index (Phi) is 39.6. The zero-order valence-electron chi connectivity index (χ0n) is 6.36. The fourth-order valence-corrected chi connectivity index (χ4v) is 0. The van der Waals surface area contributed by atoms with Crippen LogP contribution in [0.3, 0.4) is 0 Å². The van der Waals surface area contributed by atoms with Gasteiger partial charge in [-0.25, -0.2) is 0 Å². The average molecular weight is 463 g/mol. The van der Waals surface area contributed by atoms with Gasteiger partial charge in [-0.3, -0.25) is 0 Å². The third-order valence-corrected chi connectivity index (χ3v) is 0. The molecule has 0 unspecified atom stereocenters. The second-order valence-corrected chi connectivity index (χ2v) is 14.3. The van der Waals surface area contributed by atoms with E-state index in [0.717, 1.165) is 0 Å². The number of hydrogen-bond acceptors (Lipinski definition) is 6. The van der Waals surface area contributed by atoms with E-state index in [4.69, 9.17) is 27.3 Å². The van der Waals surface area contributed by atoms with Gasteiger partial charge in [-0.05, 0) is 0 Å². The molecule has 0 bridgehead atoms. The molecule has 0 aromatic heterocycles. The van der Waals surface area contributed by atoms with Gasteiger partial charge in [0, 0.05) is 67.1 Å². The maximum absolute atomic E-state index is 7.79. The summed E-state index contributed by atoms with van der Waals surface area (Å²) in [6.07, 6.45) is 0. The predicted octanol–water partition coefficient (Wildman–Crippen LogP) is -1.91. The third-order valence-electron chi connectivity index (χ3n) is 0. The van der Waals surface area contributed by atoms with Crippen molar-refractivity contribution < 1.29 is 27.3 Å². The van der Waals surface area contributed by atoms with Gasteiger partial charge in [0.1, 0.15) is 23.1 Å². The first-order valence-electron chi connectivity index (χ1n) is 2.10. The maximum atomic E-state index is 7.79. The van der Waals surface area contributed by atoms with Crippen LogP contribution < -0.4 is 0 Å². The fourth-order valence-electron chi connectivity index (χ4n) is 0. The summed E-state index contributed by atoms with van der Waals surface area (Å²) in [5.41, 5.74) is 0. The molecule has 0 saturated heterocycles. The van der Waals surface area contributed by atoms with Gasteiger partial charge in [0.05, 0.1) is 0 Å². The SMILES string of the molecule is OS(O)(=S)=S.OS(O)(=S)=S.OS(O)(=S)=S.[NaH].[NaH].[NaH]. The van der Waals surface area contributed by atoms with Gasteiger partial charge in [-0.2, -0.15) is 0 Å². The average Bonchev–Trinajstić information content (AvgIpc) is 1.41. The summed E-state index contributed by atoms with van der Waals surface area (Å²) >= 11 is 23.0. The quantitative estimate of drug-likeness (QED) is 0.225.